The quantitative estimate of drug-likeness (QED) is 0.411. The topological polar surface area (TPSA) is 30.9 Å². The average Bonchev–Trinajstić information content (AvgIpc) is 2.93. The lowest BCUT2D eigenvalue weighted by Gasteiger charge is -2.32. The first-order valence-electron chi connectivity index (χ1n) is 11.2. The van der Waals surface area contributed by atoms with Gasteiger partial charge in [-0.3, -0.25) is 0 Å². The van der Waals surface area contributed by atoms with Crippen LogP contribution in [0.25, 0.3) is 11.0 Å². The van der Waals surface area contributed by atoms with E-state index in [2.05, 4.69) is 75.9 Å². The van der Waals surface area contributed by atoms with Crippen molar-refractivity contribution in [2.24, 2.45) is 0 Å². The molecule has 0 bridgehead atoms. The van der Waals surface area contributed by atoms with Crippen molar-refractivity contribution in [3.05, 3.63) is 65.7 Å². The van der Waals surface area contributed by atoms with Crippen LogP contribution >= 0.6 is 0 Å². The van der Waals surface area contributed by atoms with Crippen LogP contribution in [0.15, 0.2) is 54.6 Å². The van der Waals surface area contributed by atoms with Crippen molar-refractivity contribution in [3.63, 3.8) is 0 Å². The fraction of sp³-hybridized carbons (Fsp3) is 0.462. The smallest absolute Gasteiger partial charge is 0.492 e. The lowest BCUT2D eigenvalue weighted by atomic mass is 9.69. The van der Waals surface area contributed by atoms with Crippen LogP contribution in [0.5, 0.6) is 5.75 Å². The molecule has 2 aromatic carbocycles. The molecule has 0 spiro atoms. The second-order valence-electron chi connectivity index (χ2n) is 9.38. The summed E-state index contributed by atoms with van der Waals surface area (Å²) in [4.78, 5) is 2.11. The van der Waals surface area contributed by atoms with Gasteiger partial charge in [0, 0.05) is 6.54 Å². The Balaban J connectivity index is 1.98. The number of benzene rings is 2. The minimum absolute atomic E-state index is 0.388. The van der Waals surface area contributed by atoms with E-state index in [-0.39, 0.29) is 11.2 Å². The minimum atomic E-state index is -0.418. The summed E-state index contributed by atoms with van der Waals surface area (Å²) in [6.07, 6.45) is 0.870. The van der Waals surface area contributed by atoms with Gasteiger partial charge in [0.15, 0.2) is 0 Å². The number of allylic oxidation sites excluding steroid dienone is 1. The molecule has 0 aromatic heterocycles. The molecule has 1 aliphatic rings. The van der Waals surface area contributed by atoms with Gasteiger partial charge >= 0.3 is 7.12 Å². The van der Waals surface area contributed by atoms with Crippen LogP contribution in [0.2, 0.25) is 0 Å². The summed E-state index contributed by atoms with van der Waals surface area (Å²) in [5.74, 6) is 0.887. The lowest BCUT2D eigenvalue weighted by molar-refractivity contribution is 0.00578. The summed E-state index contributed by atoms with van der Waals surface area (Å²) in [5.41, 5.74) is 3.84. The first kappa shape index (κ1) is 23.6. The number of ether oxygens (including phenoxy) is 1. The van der Waals surface area contributed by atoms with Gasteiger partial charge in [-0.1, -0.05) is 49.4 Å². The van der Waals surface area contributed by atoms with Crippen LogP contribution in [0.4, 0.5) is 0 Å². The average molecular weight is 421 g/mol. The highest BCUT2D eigenvalue weighted by atomic mass is 16.7. The van der Waals surface area contributed by atoms with E-state index in [0.717, 1.165) is 35.3 Å². The first-order chi connectivity index (χ1) is 14.6. The molecule has 1 heterocycles. The second kappa shape index (κ2) is 9.60. The Labute approximate surface area is 188 Å². The van der Waals surface area contributed by atoms with E-state index in [1.165, 1.54) is 5.57 Å². The van der Waals surface area contributed by atoms with E-state index in [0.29, 0.717) is 6.61 Å². The molecule has 0 amide bonds. The van der Waals surface area contributed by atoms with E-state index in [1.807, 2.05) is 32.3 Å². The fourth-order valence-corrected chi connectivity index (χ4v) is 3.68. The van der Waals surface area contributed by atoms with Crippen molar-refractivity contribution in [1.82, 2.24) is 4.90 Å². The third-order valence-corrected chi connectivity index (χ3v) is 6.26. The maximum atomic E-state index is 6.47. The third kappa shape index (κ3) is 5.41. The van der Waals surface area contributed by atoms with Crippen molar-refractivity contribution < 1.29 is 14.0 Å². The van der Waals surface area contributed by atoms with Gasteiger partial charge in [0.1, 0.15) is 12.4 Å². The number of likely N-dealkylation sites (N-methyl/N-ethyl adjacent to an activating group) is 1. The maximum Gasteiger partial charge on any atom is 0.495 e. The Hall–Kier alpha value is -2.08. The van der Waals surface area contributed by atoms with Crippen molar-refractivity contribution in [2.45, 2.75) is 52.2 Å². The first-order valence-corrected chi connectivity index (χ1v) is 11.2. The molecule has 4 nitrogen and oxygen atoms in total. The van der Waals surface area contributed by atoms with Crippen LogP contribution in [0.3, 0.4) is 0 Å². The standard InChI is InChI=1S/C26H36BNO3/c1-8-23(20-14-16-22(17-15-20)29-19-18-28(6)7)24(21-12-10-9-11-13-21)27-30-25(2,3)26(4,5)31-27/h9-17H,8,18-19H2,1-7H3/b24-23-. The van der Waals surface area contributed by atoms with Crippen molar-refractivity contribution in [3.8, 4) is 5.75 Å². The van der Waals surface area contributed by atoms with Crippen LogP contribution in [0.1, 0.15) is 52.2 Å². The number of nitrogens with zero attached hydrogens (tertiary/aromatic N) is 1. The van der Waals surface area contributed by atoms with Gasteiger partial charge in [-0.05, 0) is 82.5 Å². The number of rotatable bonds is 8. The summed E-state index contributed by atoms with van der Waals surface area (Å²) < 4.78 is 18.8. The van der Waals surface area contributed by atoms with E-state index in [9.17, 15) is 0 Å². The van der Waals surface area contributed by atoms with Gasteiger partial charge in [0.25, 0.3) is 0 Å². The molecule has 0 aliphatic carbocycles. The predicted octanol–water partition coefficient (Wildman–Crippen LogP) is 5.58. The van der Waals surface area contributed by atoms with Crippen LogP contribution in [0, 0.1) is 0 Å². The highest BCUT2D eigenvalue weighted by molar-refractivity contribution is 6.71. The van der Waals surface area contributed by atoms with E-state index < -0.39 is 7.12 Å². The van der Waals surface area contributed by atoms with Gasteiger partial charge < -0.3 is 18.9 Å². The van der Waals surface area contributed by atoms with E-state index >= 15 is 0 Å². The van der Waals surface area contributed by atoms with Crippen molar-refractivity contribution in [2.75, 3.05) is 27.2 Å². The van der Waals surface area contributed by atoms with Gasteiger partial charge in [-0.2, -0.15) is 0 Å². The van der Waals surface area contributed by atoms with Crippen LogP contribution < -0.4 is 4.74 Å². The Morgan fingerprint density at radius 1 is 0.871 bits per heavy atom. The summed E-state index contributed by atoms with van der Waals surface area (Å²) in [6.45, 7) is 12.1. The Kier molecular flexibility index (Phi) is 7.30. The fourth-order valence-electron chi connectivity index (χ4n) is 3.68. The largest absolute Gasteiger partial charge is 0.495 e. The minimum Gasteiger partial charge on any atom is -0.492 e. The SMILES string of the molecule is CC/C(=C(/B1OC(C)(C)C(C)(C)O1)c1ccccc1)c1ccc(OCCN(C)C)cc1. The van der Waals surface area contributed by atoms with Crippen molar-refractivity contribution >= 4 is 18.2 Å². The maximum absolute atomic E-state index is 6.47. The molecule has 0 N–H and O–H groups in total. The molecule has 0 atom stereocenters. The molecule has 1 saturated heterocycles. The monoisotopic (exact) mass is 421 g/mol. The van der Waals surface area contributed by atoms with Gasteiger partial charge in [-0.15, -0.1) is 0 Å². The molecular formula is C26H36BNO3. The summed E-state index contributed by atoms with van der Waals surface area (Å²) in [6, 6.07) is 18.8. The van der Waals surface area contributed by atoms with Gasteiger partial charge in [0.2, 0.25) is 0 Å². The third-order valence-electron chi connectivity index (χ3n) is 6.26. The van der Waals surface area contributed by atoms with Gasteiger partial charge in [-0.25, -0.2) is 0 Å². The van der Waals surface area contributed by atoms with Crippen molar-refractivity contribution in [1.29, 1.82) is 0 Å². The molecule has 1 aliphatic heterocycles. The number of hydrogen-bond acceptors (Lipinski definition) is 4. The lowest BCUT2D eigenvalue weighted by Crippen LogP contribution is -2.41. The van der Waals surface area contributed by atoms with E-state index in [1.54, 1.807) is 0 Å². The highest BCUT2D eigenvalue weighted by Crippen LogP contribution is 2.43. The summed E-state index contributed by atoms with van der Waals surface area (Å²) in [5, 5.41) is 0. The zero-order valence-electron chi connectivity index (χ0n) is 20.1. The summed E-state index contributed by atoms with van der Waals surface area (Å²) >= 11 is 0. The van der Waals surface area contributed by atoms with E-state index in [4.69, 9.17) is 14.0 Å². The Morgan fingerprint density at radius 3 is 1.97 bits per heavy atom. The molecule has 0 radical (unpaired) electrons. The predicted molar refractivity (Wildman–Crippen MR) is 130 cm³/mol. The molecule has 0 unspecified atom stereocenters. The summed E-state index contributed by atoms with van der Waals surface area (Å²) in [7, 11) is 3.68. The molecule has 166 valence electrons. The normalized spacial score (nSPS) is 18.3. The van der Waals surface area contributed by atoms with Crippen LogP contribution in [-0.4, -0.2) is 50.5 Å². The zero-order valence-corrected chi connectivity index (χ0v) is 20.1. The molecular weight excluding hydrogens is 385 g/mol. The number of hydrogen-bond donors (Lipinski definition) is 0. The molecule has 0 saturated carbocycles. The second-order valence-corrected chi connectivity index (χ2v) is 9.38. The molecule has 3 rings (SSSR count). The van der Waals surface area contributed by atoms with Crippen LogP contribution in [-0.2, 0) is 9.31 Å². The van der Waals surface area contributed by atoms with Gasteiger partial charge in [0.05, 0.1) is 11.2 Å². The molecule has 31 heavy (non-hydrogen) atoms. The molecule has 5 heteroatoms. The zero-order chi connectivity index (χ0) is 22.6. The highest BCUT2D eigenvalue weighted by Gasteiger charge is 2.53. The Bertz CT molecular complexity index is 873. The Morgan fingerprint density at radius 2 is 1.45 bits per heavy atom. The molecule has 1 fully saturated rings. The molecule has 2 aromatic rings.